The molecule has 23 heavy (non-hydrogen) atoms. The number of hydrogen-bond acceptors (Lipinski definition) is 4. The molecule has 0 saturated heterocycles. The third-order valence-corrected chi connectivity index (χ3v) is 3.89. The highest BCUT2D eigenvalue weighted by Crippen LogP contribution is 2.18. The largest absolute Gasteiger partial charge is 0.488 e. The van der Waals surface area contributed by atoms with E-state index in [9.17, 15) is 0 Å². The van der Waals surface area contributed by atoms with E-state index in [1.165, 1.54) is 11.0 Å². The molecule has 0 aliphatic rings. The molecule has 0 aliphatic heterocycles. The molecule has 0 spiro atoms. The van der Waals surface area contributed by atoms with Crippen LogP contribution in [0.3, 0.4) is 0 Å². The molecule has 0 atom stereocenters. The summed E-state index contributed by atoms with van der Waals surface area (Å²) in [5.41, 5.74) is 1.96. The van der Waals surface area contributed by atoms with E-state index in [0.29, 0.717) is 11.4 Å². The molecule has 5 nitrogen and oxygen atoms in total. The van der Waals surface area contributed by atoms with Gasteiger partial charge in [0.05, 0.1) is 6.21 Å². The fourth-order valence-corrected chi connectivity index (χ4v) is 2.32. The van der Waals surface area contributed by atoms with Crippen molar-refractivity contribution in [3.63, 3.8) is 0 Å². The van der Waals surface area contributed by atoms with Crippen LogP contribution in [0.2, 0.25) is 0 Å². The number of aromatic nitrogens is 3. The summed E-state index contributed by atoms with van der Waals surface area (Å²) in [6.07, 6.45) is 3.21. The Morgan fingerprint density at radius 2 is 2.00 bits per heavy atom. The van der Waals surface area contributed by atoms with E-state index in [2.05, 4.69) is 31.2 Å². The zero-order valence-corrected chi connectivity index (χ0v) is 14.4. The summed E-state index contributed by atoms with van der Waals surface area (Å²) < 4.78 is 8.87. The lowest BCUT2D eigenvalue weighted by Gasteiger charge is -2.09. The van der Waals surface area contributed by atoms with Crippen LogP contribution in [0.15, 0.2) is 64.4 Å². The second-order valence-electron chi connectivity index (χ2n) is 4.70. The topological polar surface area (TPSA) is 55.2 Å². The Balaban J connectivity index is 1.75. The summed E-state index contributed by atoms with van der Waals surface area (Å²) in [4.78, 5) is 0. The average molecular weight is 389 g/mol. The van der Waals surface area contributed by atoms with Gasteiger partial charge in [-0.05, 0) is 42.0 Å². The summed E-state index contributed by atoms with van der Waals surface area (Å²) in [5.74, 6) is 0.759. The van der Waals surface area contributed by atoms with Crippen LogP contribution in [0, 0.1) is 4.77 Å². The van der Waals surface area contributed by atoms with E-state index in [1.807, 2.05) is 48.5 Å². The summed E-state index contributed by atoms with van der Waals surface area (Å²) in [6, 6.07) is 15.7. The van der Waals surface area contributed by atoms with Gasteiger partial charge in [0.25, 0.3) is 0 Å². The van der Waals surface area contributed by atoms with Gasteiger partial charge in [0, 0.05) is 10.0 Å². The van der Waals surface area contributed by atoms with Gasteiger partial charge in [-0.2, -0.15) is 14.9 Å². The van der Waals surface area contributed by atoms with Gasteiger partial charge in [-0.1, -0.05) is 40.2 Å². The fraction of sp³-hybridized carbons (Fsp3) is 0.0625. The third kappa shape index (κ3) is 4.14. The molecule has 1 N–H and O–H groups in total. The van der Waals surface area contributed by atoms with Gasteiger partial charge in [-0.15, -0.1) is 0 Å². The number of rotatable bonds is 5. The fourth-order valence-electron chi connectivity index (χ4n) is 1.91. The molecular weight excluding hydrogens is 376 g/mol. The Morgan fingerprint density at radius 1 is 1.22 bits per heavy atom. The molecule has 7 heteroatoms. The van der Waals surface area contributed by atoms with Crippen LogP contribution >= 0.6 is 28.1 Å². The number of para-hydroxylation sites is 1. The van der Waals surface area contributed by atoms with Gasteiger partial charge in [0.1, 0.15) is 18.7 Å². The molecule has 1 heterocycles. The first-order valence-electron chi connectivity index (χ1n) is 6.85. The van der Waals surface area contributed by atoms with Crippen molar-refractivity contribution in [3.8, 4) is 5.75 Å². The molecule has 0 amide bonds. The van der Waals surface area contributed by atoms with Gasteiger partial charge in [0.15, 0.2) is 0 Å². The zero-order chi connectivity index (χ0) is 16.1. The van der Waals surface area contributed by atoms with Crippen molar-refractivity contribution in [3.05, 3.63) is 75.2 Å². The maximum atomic E-state index is 5.90. The van der Waals surface area contributed by atoms with Crippen molar-refractivity contribution < 1.29 is 4.74 Å². The molecule has 1 aromatic heterocycles. The van der Waals surface area contributed by atoms with Crippen LogP contribution in [-0.4, -0.2) is 21.1 Å². The highest BCUT2D eigenvalue weighted by atomic mass is 79.9. The van der Waals surface area contributed by atoms with Crippen LogP contribution in [0.1, 0.15) is 11.1 Å². The predicted molar refractivity (Wildman–Crippen MR) is 95.3 cm³/mol. The molecule has 3 aromatic rings. The molecule has 0 aliphatic carbocycles. The van der Waals surface area contributed by atoms with Gasteiger partial charge in [0.2, 0.25) is 4.77 Å². The minimum absolute atomic E-state index is 0.439. The molecule has 0 bridgehead atoms. The number of ether oxygens (including phenoxy) is 1. The van der Waals surface area contributed by atoms with Gasteiger partial charge < -0.3 is 4.74 Å². The highest BCUT2D eigenvalue weighted by Gasteiger charge is 2.02. The van der Waals surface area contributed by atoms with Crippen LogP contribution in [0.5, 0.6) is 5.75 Å². The lowest BCUT2D eigenvalue weighted by Crippen LogP contribution is -1.99. The highest BCUT2D eigenvalue weighted by molar-refractivity contribution is 9.10. The number of benzene rings is 2. The lowest BCUT2D eigenvalue weighted by molar-refractivity contribution is 0.306. The Kier molecular flexibility index (Phi) is 4.99. The van der Waals surface area contributed by atoms with Crippen LogP contribution in [-0.2, 0) is 6.61 Å². The number of nitrogens with one attached hydrogen (secondary N) is 1. The minimum Gasteiger partial charge on any atom is -0.488 e. The van der Waals surface area contributed by atoms with Gasteiger partial charge in [-0.3, -0.25) is 5.10 Å². The van der Waals surface area contributed by atoms with E-state index in [-0.39, 0.29) is 0 Å². The van der Waals surface area contributed by atoms with Gasteiger partial charge >= 0.3 is 0 Å². The quantitative estimate of drug-likeness (QED) is 0.527. The maximum Gasteiger partial charge on any atom is 0.216 e. The molecule has 0 unspecified atom stereocenters. The smallest absolute Gasteiger partial charge is 0.216 e. The van der Waals surface area contributed by atoms with E-state index in [0.717, 1.165) is 21.3 Å². The molecule has 116 valence electrons. The molecule has 0 fully saturated rings. The summed E-state index contributed by atoms with van der Waals surface area (Å²) >= 11 is 8.48. The van der Waals surface area contributed by atoms with E-state index >= 15 is 0 Å². The second-order valence-corrected chi connectivity index (χ2v) is 6.01. The third-order valence-electron chi connectivity index (χ3n) is 3.08. The van der Waals surface area contributed by atoms with Crippen molar-refractivity contribution in [2.75, 3.05) is 0 Å². The second kappa shape index (κ2) is 7.34. The zero-order valence-electron chi connectivity index (χ0n) is 12.0. The summed E-state index contributed by atoms with van der Waals surface area (Å²) in [6.45, 7) is 0.489. The SMILES string of the molecule is S=c1[nH]ncn1/N=C\c1ccccc1OCc1ccc(Br)cc1. The number of nitrogens with zero attached hydrogens (tertiary/aromatic N) is 3. The van der Waals surface area contributed by atoms with Crippen LogP contribution in [0.25, 0.3) is 0 Å². The summed E-state index contributed by atoms with van der Waals surface area (Å²) in [5, 5.41) is 10.7. The molecule has 0 radical (unpaired) electrons. The Labute approximate surface area is 146 Å². The Hall–Kier alpha value is -2.25. The first-order valence-corrected chi connectivity index (χ1v) is 8.05. The van der Waals surface area contributed by atoms with Gasteiger partial charge in [-0.25, -0.2) is 0 Å². The number of hydrogen-bond donors (Lipinski definition) is 1. The minimum atomic E-state index is 0.439. The number of halogens is 1. The lowest BCUT2D eigenvalue weighted by atomic mass is 10.2. The molecule has 0 saturated carbocycles. The number of H-pyrrole nitrogens is 1. The Bertz CT molecular complexity index is 870. The predicted octanol–water partition coefficient (Wildman–Crippen LogP) is 4.16. The normalized spacial score (nSPS) is 11.0. The van der Waals surface area contributed by atoms with E-state index in [1.54, 1.807) is 6.21 Å². The van der Waals surface area contributed by atoms with Crippen LogP contribution < -0.4 is 4.74 Å². The molecule has 2 aromatic carbocycles. The first-order chi connectivity index (χ1) is 11.2. The van der Waals surface area contributed by atoms with Crippen molar-refractivity contribution in [2.45, 2.75) is 6.61 Å². The Morgan fingerprint density at radius 3 is 2.74 bits per heavy atom. The maximum absolute atomic E-state index is 5.90. The first kappa shape index (κ1) is 15.6. The van der Waals surface area contributed by atoms with Crippen molar-refractivity contribution in [1.29, 1.82) is 0 Å². The standard InChI is InChI=1S/C16H13BrN4OS/c17-14-7-5-12(6-8-14)10-22-15-4-2-1-3-13(15)9-19-21-11-18-20-16(21)23/h1-9,11H,10H2,(H,20,23)/b19-9-. The molecular formula is C16H13BrN4OS. The van der Waals surface area contributed by atoms with Crippen molar-refractivity contribution >= 4 is 34.4 Å². The average Bonchev–Trinajstić information content (AvgIpc) is 2.98. The monoisotopic (exact) mass is 388 g/mol. The summed E-state index contributed by atoms with van der Waals surface area (Å²) in [7, 11) is 0. The van der Waals surface area contributed by atoms with Crippen molar-refractivity contribution in [1.82, 2.24) is 14.9 Å². The van der Waals surface area contributed by atoms with Crippen molar-refractivity contribution in [2.24, 2.45) is 5.10 Å². The van der Waals surface area contributed by atoms with E-state index < -0.39 is 0 Å². The van der Waals surface area contributed by atoms with Crippen LogP contribution in [0.4, 0.5) is 0 Å². The molecule has 3 rings (SSSR count). The van der Waals surface area contributed by atoms with E-state index in [4.69, 9.17) is 17.0 Å². The number of aromatic amines is 1.